The summed E-state index contributed by atoms with van der Waals surface area (Å²) in [6.45, 7) is 4.26. The first-order valence-electron chi connectivity index (χ1n) is 4.11. The van der Waals surface area contributed by atoms with Gasteiger partial charge < -0.3 is 4.74 Å². The number of hydrogen-bond donors (Lipinski definition) is 0. The summed E-state index contributed by atoms with van der Waals surface area (Å²) in [5, 5.41) is 0. The minimum Gasteiger partial charge on any atom is -0.468 e. The molecule has 3 nitrogen and oxygen atoms in total. The Morgan fingerprint density at radius 1 is 1.31 bits per heavy atom. The van der Waals surface area contributed by atoms with Crippen molar-refractivity contribution in [3.8, 4) is 0 Å². The second-order valence-electron chi connectivity index (χ2n) is 2.02. The van der Waals surface area contributed by atoms with E-state index in [1.165, 1.54) is 7.11 Å². The van der Waals surface area contributed by atoms with Crippen LogP contribution in [-0.2, 0) is 9.53 Å². The molecule has 0 spiro atoms. The fourth-order valence-corrected chi connectivity index (χ4v) is 2.42. The highest BCUT2D eigenvalue weighted by Crippen LogP contribution is 2.16. The van der Waals surface area contributed by atoms with Crippen LogP contribution in [0.3, 0.4) is 0 Å². The van der Waals surface area contributed by atoms with Crippen LogP contribution in [0.2, 0.25) is 0 Å². The lowest BCUT2D eigenvalue weighted by atomic mass is 10.7. The Balaban J connectivity index is 3.94. The summed E-state index contributed by atoms with van der Waals surface area (Å²) < 4.78 is 5.46. The lowest BCUT2D eigenvalue weighted by molar-refractivity contribution is -0.138. The number of methoxy groups -OCH3 is 1. The number of nitrogens with zero attached hydrogens (tertiary/aromatic N) is 1. The molecule has 0 aliphatic rings. The van der Waals surface area contributed by atoms with Crippen molar-refractivity contribution >= 4 is 33.9 Å². The van der Waals surface area contributed by atoms with Crippen LogP contribution >= 0.6 is 23.5 Å². The van der Waals surface area contributed by atoms with Gasteiger partial charge in [0.15, 0.2) is 0 Å². The molecule has 0 rings (SSSR count). The standard InChI is InChI=1S/C8H15NO2S2/c1-4-12-8(13-5-2)9-6-7(10)11-3/h4-6H2,1-3H3. The number of hydrogen-bond acceptors (Lipinski definition) is 5. The van der Waals surface area contributed by atoms with Crippen LogP contribution in [0.15, 0.2) is 4.99 Å². The van der Waals surface area contributed by atoms with Gasteiger partial charge in [-0.1, -0.05) is 13.8 Å². The zero-order valence-electron chi connectivity index (χ0n) is 8.20. The minimum absolute atomic E-state index is 0.131. The van der Waals surface area contributed by atoms with Gasteiger partial charge in [-0.25, -0.2) is 0 Å². The van der Waals surface area contributed by atoms with Gasteiger partial charge in [-0.15, -0.1) is 23.5 Å². The van der Waals surface area contributed by atoms with Gasteiger partial charge in [-0.3, -0.25) is 9.79 Å². The molecule has 0 unspecified atom stereocenters. The summed E-state index contributed by atoms with van der Waals surface area (Å²) in [6, 6.07) is 0. The first kappa shape index (κ1) is 12.8. The zero-order chi connectivity index (χ0) is 10.1. The van der Waals surface area contributed by atoms with Crippen LogP contribution in [0.5, 0.6) is 0 Å². The van der Waals surface area contributed by atoms with Crippen LogP contribution < -0.4 is 0 Å². The average Bonchev–Trinajstić information content (AvgIpc) is 2.14. The highest BCUT2D eigenvalue weighted by Gasteiger charge is 2.01. The molecule has 0 heterocycles. The van der Waals surface area contributed by atoms with E-state index in [4.69, 9.17) is 0 Å². The molecule has 0 bridgehead atoms. The molecule has 0 atom stereocenters. The number of carbonyl (C=O) groups is 1. The topological polar surface area (TPSA) is 38.7 Å². The summed E-state index contributed by atoms with van der Waals surface area (Å²) in [5.41, 5.74) is 0. The molecule has 0 aromatic heterocycles. The van der Waals surface area contributed by atoms with E-state index in [1.807, 2.05) is 0 Å². The highest BCUT2D eigenvalue weighted by molar-refractivity contribution is 8.38. The van der Waals surface area contributed by atoms with Crippen molar-refractivity contribution in [2.75, 3.05) is 25.2 Å². The molecule has 0 aromatic carbocycles. The van der Waals surface area contributed by atoms with E-state index >= 15 is 0 Å². The maximum Gasteiger partial charge on any atom is 0.327 e. The van der Waals surface area contributed by atoms with Crippen molar-refractivity contribution in [1.29, 1.82) is 0 Å². The van der Waals surface area contributed by atoms with Crippen LogP contribution in [0, 0.1) is 0 Å². The van der Waals surface area contributed by atoms with Crippen molar-refractivity contribution in [1.82, 2.24) is 0 Å². The Morgan fingerprint density at radius 3 is 2.23 bits per heavy atom. The highest BCUT2D eigenvalue weighted by atomic mass is 32.2. The van der Waals surface area contributed by atoms with E-state index in [2.05, 4.69) is 23.6 Å². The average molecular weight is 221 g/mol. The van der Waals surface area contributed by atoms with Gasteiger partial charge in [0, 0.05) is 0 Å². The summed E-state index contributed by atoms with van der Waals surface area (Å²) in [6.07, 6.45) is 0. The third-order valence-corrected chi connectivity index (χ3v) is 3.14. The Labute approximate surface area is 87.7 Å². The molecule has 76 valence electrons. The number of ether oxygens (including phenoxy) is 1. The number of aliphatic imine (C=N–C) groups is 1. The molecule has 0 fully saturated rings. The third kappa shape index (κ3) is 6.95. The quantitative estimate of drug-likeness (QED) is 0.413. The van der Waals surface area contributed by atoms with Crippen LogP contribution in [0.1, 0.15) is 13.8 Å². The zero-order valence-corrected chi connectivity index (χ0v) is 9.83. The predicted molar refractivity (Wildman–Crippen MR) is 60.6 cm³/mol. The predicted octanol–water partition coefficient (Wildman–Crippen LogP) is 2.02. The molecule has 0 saturated carbocycles. The molecule has 0 aliphatic heterocycles. The molecule has 0 amide bonds. The van der Waals surface area contributed by atoms with E-state index in [9.17, 15) is 4.79 Å². The Kier molecular flexibility index (Phi) is 8.33. The maximum absolute atomic E-state index is 10.8. The van der Waals surface area contributed by atoms with Gasteiger partial charge in [0.2, 0.25) is 0 Å². The van der Waals surface area contributed by atoms with Gasteiger partial charge in [0.25, 0.3) is 0 Å². The Bertz CT molecular complexity index is 175. The van der Waals surface area contributed by atoms with E-state index in [1.54, 1.807) is 23.5 Å². The summed E-state index contributed by atoms with van der Waals surface area (Å²) >= 11 is 3.32. The number of rotatable bonds is 4. The van der Waals surface area contributed by atoms with Crippen LogP contribution in [0.4, 0.5) is 0 Å². The van der Waals surface area contributed by atoms with E-state index < -0.39 is 0 Å². The van der Waals surface area contributed by atoms with Crippen molar-refractivity contribution < 1.29 is 9.53 Å². The normalized spacial score (nSPS) is 9.46. The summed E-state index contributed by atoms with van der Waals surface area (Å²) in [7, 11) is 1.37. The second-order valence-corrected chi connectivity index (χ2v) is 4.79. The largest absolute Gasteiger partial charge is 0.468 e. The molecule has 0 N–H and O–H groups in total. The Hall–Kier alpha value is -0.160. The van der Waals surface area contributed by atoms with Gasteiger partial charge in [-0.2, -0.15) is 0 Å². The molecule has 0 aromatic rings. The van der Waals surface area contributed by atoms with Crippen LogP contribution in [0.25, 0.3) is 0 Å². The molecule has 13 heavy (non-hydrogen) atoms. The lowest BCUT2D eigenvalue weighted by Crippen LogP contribution is -2.05. The van der Waals surface area contributed by atoms with Gasteiger partial charge in [0.1, 0.15) is 10.9 Å². The monoisotopic (exact) mass is 221 g/mol. The Morgan fingerprint density at radius 2 is 1.85 bits per heavy atom. The molecule has 0 radical (unpaired) electrons. The van der Waals surface area contributed by atoms with E-state index in [0.29, 0.717) is 0 Å². The number of thioether (sulfide) groups is 2. The van der Waals surface area contributed by atoms with Crippen LogP contribution in [-0.4, -0.2) is 35.5 Å². The van der Waals surface area contributed by atoms with Gasteiger partial charge in [-0.05, 0) is 11.5 Å². The van der Waals surface area contributed by atoms with E-state index in [-0.39, 0.29) is 12.5 Å². The van der Waals surface area contributed by atoms with Gasteiger partial charge in [0.05, 0.1) is 7.11 Å². The minimum atomic E-state index is -0.286. The SMILES string of the molecule is CCSC(=NCC(=O)OC)SCC. The summed E-state index contributed by atoms with van der Waals surface area (Å²) in [5.74, 6) is 1.67. The molecular formula is C8H15NO2S2. The van der Waals surface area contributed by atoms with Crippen molar-refractivity contribution in [3.63, 3.8) is 0 Å². The van der Waals surface area contributed by atoms with E-state index in [0.717, 1.165) is 15.9 Å². The second kappa shape index (κ2) is 8.44. The van der Waals surface area contributed by atoms with Crippen molar-refractivity contribution in [3.05, 3.63) is 0 Å². The van der Waals surface area contributed by atoms with Gasteiger partial charge >= 0.3 is 5.97 Å². The fraction of sp³-hybridized carbons (Fsp3) is 0.750. The first-order valence-corrected chi connectivity index (χ1v) is 6.08. The smallest absolute Gasteiger partial charge is 0.327 e. The third-order valence-electron chi connectivity index (χ3n) is 1.10. The molecule has 0 saturated heterocycles. The maximum atomic E-state index is 10.8. The van der Waals surface area contributed by atoms with Crippen molar-refractivity contribution in [2.45, 2.75) is 13.8 Å². The summed E-state index contributed by atoms with van der Waals surface area (Å²) in [4.78, 5) is 14.9. The van der Waals surface area contributed by atoms with Crippen molar-refractivity contribution in [2.24, 2.45) is 4.99 Å². The number of carbonyl (C=O) groups excluding carboxylic acids is 1. The molecule has 5 heteroatoms. The fourth-order valence-electron chi connectivity index (χ4n) is 0.574. The molecule has 0 aliphatic carbocycles. The first-order chi connectivity index (χ1) is 6.24. The number of esters is 1. The molecular weight excluding hydrogens is 206 g/mol. The lowest BCUT2D eigenvalue weighted by Gasteiger charge is -2.01.